The van der Waals surface area contributed by atoms with Crippen molar-refractivity contribution in [2.75, 3.05) is 21.3 Å². The summed E-state index contributed by atoms with van der Waals surface area (Å²) in [5.74, 6) is 1.51. The molecule has 4 nitrogen and oxygen atoms in total. The minimum absolute atomic E-state index is 0.751. The number of rotatable bonds is 7. The maximum absolute atomic E-state index is 5.37. The second-order valence-electron chi connectivity index (χ2n) is 5.87. The van der Waals surface area contributed by atoms with Crippen molar-refractivity contribution in [1.82, 2.24) is 9.88 Å². The van der Waals surface area contributed by atoms with Gasteiger partial charge < -0.3 is 9.47 Å². The van der Waals surface area contributed by atoms with Gasteiger partial charge in [-0.2, -0.15) is 0 Å². The van der Waals surface area contributed by atoms with Crippen LogP contribution < -0.4 is 9.47 Å². The van der Waals surface area contributed by atoms with Crippen LogP contribution in [0, 0.1) is 0 Å². The highest BCUT2D eigenvalue weighted by Crippen LogP contribution is 2.28. The fourth-order valence-corrected chi connectivity index (χ4v) is 3.53. The van der Waals surface area contributed by atoms with E-state index in [0.29, 0.717) is 0 Å². The lowest BCUT2D eigenvalue weighted by molar-refractivity contribution is 0.313. The van der Waals surface area contributed by atoms with Gasteiger partial charge in [0.15, 0.2) is 11.5 Å². The summed E-state index contributed by atoms with van der Waals surface area (Å²) in [5.41, 5.74) is 3.44. The Labute approximate surface area is 152 Å². The fourth-order valence-electron chi connectivity index (χ4n) is 2.72. The Morgan fingerprint density at radius 2 is 1.72 bits per heavy atom. The van der Waals surface area contributed by atoms with Crippen LogP contribution in [0.2, 0.25) is 0 Å². The molecule has 0 N–H and O–H groups in total. The molecule has 0 radical (unpaired) electrons. The van der Waals surface area contributed by atoms with Crippen molar-refractivity contribution >= 4 is 11.3 Å². The van der Waals surface area contributed by atoms with E-state index in [1.807, 2.05) is 30.3 Å². The molecule has 2 aromatic carbocycles. The first-order valence-corrected chi connectivity index (χ1v) is 8.97. The van der Waals surface area contributed by atoms with E-state index in [2.05, 4.69) is 35.5 Å². The Morgan fingerprint density at radius 3 is 2.44 bits per heavy atom. The summed E-state index contributed by atoms with van der Waals surface area (Å²) in [6, 6.07) is 16.3. The lowest BCUT2D eigenvalue weighted by Crippen LogP contribution is -2.17. The van der Waals surface area contributed by atoms with Crippen molar-refractivity contribution in [3.8, 4) is 22.1 Å². The first-order chi connectivity index (χ1) is 12.2. The minimum atomic E-state index is 0.751. The van der Waals surface area contributed by atoms with Gasteiger partial charge in [0, 0.05) is 24.0 Å². The zero-order chi connectivity index (χ0) is 17.6. The van der Waals surface area contributed by atoms with E-state index in [-0.39, 0.29) is 0 Å². The Balaban J connectivity index is 1.65. The Bertz CT molecular complexity index is 818. The molecule has 0 saturated carbocycles. The second kappa shape index (κ2) is 8.14. The van der Waals surface area contributed by atoms with Gasteiger partial charge in [0.05, 0.1) is 19.9 Å². The summed E-state index contributed by atoms with van der Waals surface area (Å²) < 4.78 is 10.7. The molecule has 0 fully saturated rings. The van der Waals surface area contributed by atoms with Crippen LogP contribution >= 0.6 is 11.3 Å². The van der Waals surface area contributed by atoms with E-state index in [0.717, 1.165) is 35.3 Å². The van der Waals surface area contributed by atoms with Crippen molar-refractivity contribution in [3.63, 3.8) is 0 Å². The smallest absolute Gasteiger partial charge is 0.161 e. The van der Waals surface area contributed by atoms with Gasteiger partial charge in [0.1, 0.15) is 5.01 Å². The SMILES string of the molecule is COc1ccc(CN(C)Cc2csc(-c3ccccc3)n2)cc1OC. The van der Waals surface area contributed by atoms with E-state index in [4.69, 9.17) is 14.5 Å². The Kier molecular flexibility index (Phi) is 5.68. The average Bonchev–Trinajstić information content (AvgIpc) is 3.10. The van der Waals surface area contributed by atoms with Crippen LogP contribution in [0.25, 0.3) is 10.6 Å². The van der Waals surface area contributed by atoms with Gasteiger partial charge in [-0.3, -0.25) is 4.90 Å². The molecule has 0 aliphatic heterocycles. The number of methoxy groups -OCH3 is 2. The standard InChI is InChI=1S/C20H22N2O2S/c1-22(12-15-9-10-18(23-2)19(11-15)24-3)13-17-14-25-20(21-17)16-7-5-4-6-8-16/h4-11,14H,12-13H2,1-3H3. The van der Waals surface area contributed by atoms with Crippen LogP contribution in [0.4, 0.5) is 0 Å². The topological polar surface area (TPSA) is 34.6 Å². The van der Waals surface area contributed by atoms with Crippen molar-refractivity contribution < 1.29 is 9.47 Å². The maximum Gasteiger partial charge on any atom is 0.161 e. The van der Waals surface area contributed by atoms with Crippen molar-refractivity contribution in [3.05, 3.63) is 65.2 Å². The molecule has 1 aromatic heterocycles. The van der Waals surface area contributed by atoms with E-state index in [9.17, 15) is 0 Å². The zero-order valence-corrected chi connectivity index (χ0v) is 15.5. The number of nitrogens with zero attached hydrogens (tertiary/aromatic N) is 2. The largest absolute Gasteiger partial charge is 0.493 e. The third kappa shape index (κ3) is 4.38. The molecule has 0 spiro atoms. The molecular weight excluding hydrogens is 332 g/mol. The highest BCUT2D eigenvalue weighted by atomic mass is 32.1. The summed E-state index contributed by atoms with van der Waals surface area (Å²) in [4.78, 5) is 7.00. The number of ether oxygens (including phenoxy) is 2. The molecule has 0 amide bonds. The van der Waals surface area contributed by atoms with Gasteiger partial charge in [-0.05, 0) is 24.7 Å². The summed E-state index contributed by atoms with van der Waals surface area (Å²) in [6.07, 6.45) is 0. The van der Waals surface area contributed by atoms with E-state index < -0.39 is 0 Å². The second-order valence-corrected chi connectivity index (χ2v) is 6.73. The van der Waals surface area contributed by atoms with Gasteiger partial charge >= 0.3 is 0 Å². The van der Waals surface area contributed by atoms with Crippen LogP contribution in [0.1, 0.15) is 11.3 Å². The molecule has 0 unspecified atom stereocenters. The molecule has 0 aliphatic rings. The predicted molar refractivity (Wildman–Crippen MR) is 102 cm³/mol. The van der Waals surface area contributed by atoms with Gasteiger partial charge in [0.2, 0.25) is 0 Å². The summed E-state index contributed by atoms with van der Waals surface area (Å²) >= 11 is 1.69. The monoisotopic (exact) mass is 354 g/mol. The van der Waals surface area contributed by atoms with Crippen molar-refractivity contribution in [2.24, 2.45) is 0 Å². The van der Waals surface area contributed by atoms with Crippen molar-refractivity contribution in [1.29, 1.82) is 0 Å². The number of benzene rings is 2. The zero-order valence-electron chi connectivity index (χ0n) is 14.7. The molecule has 130 valence electrons. The molecule has 0 aliphatic carbocycles. The third-order valence-corrected chi connectivity index (χ3v) is 4.85. The van der Waals surface area contributed by atoms with Crippen LogP contribution in [-0.4, -0.2) is 31.2 Å². The van der Waals surface area contributed by atoms with Crippen LogP contribution in [0.5, 0.6) is 11.5 Å². The molecule has 25 heavy (non-hydrogen) atoms. The lowest BCUT2D eigenvalue weighted by Gasteiger charge is -2.16. The molecule has 0 bridgehead atoms. The number of aromatic nitrogens is 1. The average molecular weight is 354 g/mol. The van der Waals surface area contributed by atoms with E-state index >= 15 is 0 Å². The summed E-state index contributed by atoms with van der Waals surface area (Å²) in [7, 11) is 5.40. The normalized spacial score (nSPS) is 10.9. The molecule has 0 atom stereocenters. The van der Waals surface area contributed by atoms with E-state index in [1.165, 1.54) is 11.1 Å². The lowest BCUT2D eigenvalue weighted by atomic mass is 10.2. The summed E-state index contributed by atoms with van der Waals surface area (Å²) in [6.45, 7) is 1.62. The number of hydrogen-bond acceptors (Lipinski definition) is 5. The summed E-state index contributed by atoms with van der Waals surface area (Å²) in [5, 5.41) is 3.20. The molecule has 3 aromatic rings. The molecule has 0 saturated heterocycles. The number of thiazole rings is 1. The highest BCUT2D eigenvalue weighted by Gasteiger charge is 2.09. The first kappa shape index (κ1) is 17.5. The van der Waals surface area contributed by atoms with Gasteiger partial charge in [0.25, 0.3) is 0 Å². The molecule has 3 rings (SSSR count). The van der Waals surface area contributed by atoms with Crippen LogP contribution in [0.15, 0.2) is 53.9 Å². The Hall–Kier alpha value is -2.37. The molecule has 5 heteroatoms. The first-order valence-electron chi connectivity index (χ1n) is 8.09. The van der Waals surface area contributed by atoms with Crippen molar-refractivity contribution in [2.45, 2.75) is 13.1 Å². The van der Waals surface area contributed by atoms with Gasteiger partial charge in [-0.25, -0.2) is 4.98 Å². The predicted octanol–water partition coefficient (Wildman–Crippen LogP) is 4.46. The highest BCUT2D eigenvalue weighted by molar-refractivity contribution is 7.13. The van der Waals surface area contributed by atoms with Crippen LogP contribution in [-0.2, 0) is 13.1 Å². The third-order valence-electron chi connectivity index (χ3n) is 3.90. The van der Waals surface area contributed by atoms with Gasteiger partial charge in [-0.1, -0.05) is 36.4 Å². The van der Waals surface area contributed by atoms with Gasteiger partial charge in [-0.15, -0.1) is 11.3 Å². The van der Waals surface area contributed by atoms with Crippen LogP contribution in [0.3, 0.4) is 0 Å². The fraction of sp³-hybridized carbons (Fsp3) is 0.250. The Morgan fingerprint density at radius 1 is 0.960 bits per heavy atom. The maximum atomic E-state index is 5.37. The van der Waals surface area contributed by atoms with E-state index in [1.54, 1.807) is 25.6 Å². The molecule has 1 heterocycles. The minimum Gasteiger partial charge on any atom is -0.493 e. The molecular formula is C20H22N2O2S. The number of hydrogen-bond donors (Lipinski definition) is 0. The quantitative estimate of drug-likeness (QED) is 0.627.